The molecule has 1 unspecified atom stereocenters. The van der Waals surface area contributed by atoms with Crippen molar-refractivity contribution in [3.05, 3.63) is 95.6 Å². The van der Waals surface area contributed by atoms with E-state index in [1.807, 2.05) is 61.5 Å². The van der Waals surface area contributed by atoms with Crippen LogP contribution in [0.25, 0.3) is 0 Å². The van der Waals surface area contributed by atoms with Crippen LogP contribution in [0.15, 0.2) is 78.9 Å². The number of nitrogens with one attached hydrogen (secondary N) is 1. The van der Waals surface area contributed by atoms with Gasteiger partial charge in [0.15, 0.2) is 0 Å². The molecule has 0 heterocycles. The summed E-state index contributed by atoms with van der Waals surface area (Å²) in [6.07, 6.45) is 1.31. The maximum absolute atomic E-state index is 13.9. The number of carbonyl (C=O) groups is 2. The molecule has 3 aromatic carbocycles. The third-order valence-electron chi connectivity index (χ3n) is 5.99. The lowest BCUT2D eigenvalue weighted by Crippen LogP contribution is -2.52. The van der Waals surface area contributed by atoms with Crippen LogP contribution in [-0.4, -0.2) is 58.1 Å². The van der Waals surface area contributed by atoms with Gasteiger partial charge in [0.2, 0.25) is 21.8 Å². The van der Waals surface area contributed by atoms with Crippen molar-refractivity contribution in [2.24, 2.45) is 0 Å². The van der Waals surface area contributed by atoms with Crippen LogP contribution in [0.3, 0.4) is 0 Å². The zero-order chi connectivity index (χ0) is 27.0. The van der Waals surface area contributed by atoms with Crippen molar-refractivity contribution in [3.63, 3.8) is 0 Å². The van der Waals surface area contributed by atoms with Crippen LogP contribution >= 0.6 is 0 Å². The largest absolute Gasteiger partial charge is 0.495 e. The number of anilines is 1. The second-order valence-electron chi connectivity index (χ2n) is 8.77. The first-order valence-corrected chi connectivity index (χ1v) is 13.7. The Morgan fingerprint density at radius 3 is 2.22 bits per heavy atom. The third kappa shape index (κ3) is 7.33. The average molecular weight is 524 g/mol. The van der Waals surface area contributed by atoms with Gasteiger partial charge in [0.05, 0.1) is 19.1 Å². The van der Waals surface area contributed by atoms with Crippen molar-refractivity contribution < 1.29 is 22.7 Å². The average Bonchev–Trinajstić information content (AvgIpc) is 2.88. The number of ether oxygens (including phenoxy) is 1. The van der Waals surface area contributed by atoms with Crippen molar-refractivity contribution in [3.8, 4) is 5.75 Å². The van der Waals surface area contributed by atoms with Crippen LogP contribution in [0, 0.1) is 6.92 Å². The number of methoxy groups -OCH3 is 1. The summed E-state index contributed by atoms with van der Waals surface area (Å²) in [5, 5.41) is 2.67. The minimum absolute atomic E-state index is 0.134. The Hall–Kier alpha value is -3.85. The first-order valence-electron chi connectivity index (χ1n) is 11.8. The number of likely N-dealkylation sites (N-methyl/N-ethyl adjacent to an activating group) is 1. The fraction of sp³-hybridized carbons (Fsp3) is 0.286. The second-order valence-corrected chi connectivity index (χ2v) is 10.7. The van der Waals surface area contributed by atoms with Gasteiger partial charge in [0, 0.05) is 20.0 Å². The molecule has 3 rings (SSSR count). The minimum Gasteiger partial charge on any atom is -0.495 e. The summed E-state index contributed by atoms with van der Waals surface area (Å²) < 4.78 is 32.0. The molecule has 1 N–H and O–H groups in total. The molecule has 0 aliphatic heterocycles. The lowest BCUT2D eigenvalue weighted by Gasteiger charge is -2.33. The molecule has 0 bridgehead atoms. The maximum atomic E-state index is 13.9. The molecule has 1 atom stereocenters. The number of aryl methyl sites for hydroxylation is 1. The molecule has 0 spiro atoms. The summed E-state index contributed by atoms with van der Waals surface area (Å²) in [6.45, 7) is 1.59. The SMILES string of the molecule is CNC(=O)C(Cc1ccccc1)N(Cc1cccc(C)c1)C(=O)CN(c1ccccc1OC)S(C)(=O)=O. The Morgan fingerprint density at radius 1 is 0.946 bits per heavy atom. The maximum Gasteiger partial charge on any atom is 0.244 e. The molecule has 0 saturated carbocycles. The predicted molar refractivity (Wildman–Crippen MR) is 145 cm³/mol. The first-order chi connectivity index (χ1) is 17.6. The number of rotatable bonds is 11. The van der Waals surface area contributed by atoms with E-state index >= 15 is 0 Å². The standard InChI is InChI=1S/C28H33N3O5S/c1-21-11-10-14-23(17-21)19-30(25(28(33)29-2)18-22-12-6-5-7-13-22)27(32)20-31(37(4,34)35)24-15-8-9-16-26(24)36-3/h5-17,25H,18-20H2,1-4H3,(H,29,33). The molecule has 8 nitrogen and oxygen atoms in total. The molecule has 3 aromatic rings. The number of para-hydroxylation sites is 2. The van der Waals surface area contributed by atoms with E-state index in [1.54, 1.807) is 24.3 Å². The monoisotopic (exact) mass is 523 g/mol. The molecule has 2 amide bonds. The zero-order valence-corrected chi connectivity index (χ0v) is 22.4. The molecule has 0 aliphatic carbocycles. The van der Waals surface area contributed by atoms with Crippen LogP contribution in [-0.2, 0) is 32.6 Å². The van der Waals surface area contributed by atoms with Gasteiger partial charge in [-0.25, -0.2) is 8.42 Å². The van der Waals surface area contributed by atoms with Gasteiger partial charge >= 0.3 is 0 Å². The van der Waals surface area contributed by atoms with Gasteiger partial charge in [0.1, 0.15) is 18.3 Å². The highest BCUT2D eigenvalue weighted by molar-refractivity contribution is 7.92. The predicted octanol–water partition coefficient (Wildman–Crippen LogP) is 3.16. The van der Waals surface area contributed by atoms with Crippen LogP contribution in [0.5, 0.6) is 5.75 Å². The Balaban J connectivity index is 2.05. The summed E-state index contributed by atoms with van der Waals surface area (Å²) in [4.78, 5) is 28.5. The molecule has 0 saturated heterocycles. The van der Waals surface area contributed by atoms with Crippen molar-refractivity contribution in [1.82, 2.24) is 10.2 Å². The highest BCUT2D eigenvalue weighted by Crippen LogP contribution is 2.30. The van der Waals surface area contributed by atoms with E-state index in [0.29, 0.717) is 5.75 Å². The van der Waals surface area contributed by atoms with Crippen LogP contribution in [0.4, 0.5) is 5.69 Å². The Labute approximate surface area is 218 Å². The number of amides is 2. The number of hydrogen-bond donors (Lipinski definition) is 1. The first kappa shape index (κ1) is 27.7. The number of hydrogen-bond acceptors (Lipinski definition) is 5. The topological polar surface area (TPSA) is 96.0 Å². The summed E-state index contributed by atoms with van der Waals surface area (Å²) in [6, 6.07) is 22.8. The lowest BCUT2D eigenvalue weighted by molar-refractivity contribution is -0.139. The van der Waals surface area contributed by atoms with Crippen molar-refractivity contribution >= 4 is 27.5 Å². The smallest absolute Gasteiger partial charge is 0.244 e. The molecule has 196 valence electrons. The van der Waals surface area contributed by atoms with Crippen LogP contribution < -0.4 is 14.4 Å². The molecule has 0 radical (unpaired) electrons. The molecular weight excluding hydrogens is 490 g/mol. The van der Waals surface area contributed by atoms with E-state index in [2.05, 4.69) is 5.32 Å². The van der Waals surface area contributed by atoms with Crippen LogP contribution in [0.2, 0.25) is 0 Å². The highest BCUT2D eigenvalue weighted by atomic mass is 32.2. The molecule has 0 aromatic heterocycles. The molecule has 37 heavy (non-hydrogen) atoms. The highest BCUT2D eigenvalue weighted by Gasteiger charge is 2.33. The Bertz CT molecular complexity index is 1330. The second kappa shape index (κ2) is 12.4. The lowest BCUT2D eigenvalue weighted by atomic mass is 10.0. The van der Waals surface area contributed by atoms with Crippen LogP contribution in [0.1, 0.15) is 16.7 Å². The van der Waals surface area contributed by atoms with Gasteiger partial charge in [-0.1, -0.05) is 72.3 Å². The normalized spacial score (nSPS) is 11.9. The summed E-state index contributed by atoms with van der Waals surface area (Å²) >= 11 is 0. The van der Waals surface area contributed by atoms with Crippen molar-refractivity contribution in [2.45, 2.75) is 25.9 Å². The van der Waals surface area contributed by atoms with Crippen molar-refractivity contribution in [2.75, 3.05) is 31.3 Å². The van der Waals surface area contributed by atoms with E-state index < -0.39 is 28.5 Å². The van der Waals surface area contributed by atoms with E-state index in [9.17, 15) is 18.0 Å². The van der Waals surface area contributed by atoms with E-state index in [0.717, 1.165) is 27.3 Å². The summed E-state index contributed by atoms with van der Waals surface area (Å²) in [5.74, 6) is -0.534. The molecule has 0 fully saturated rings. The molecule has 0 aliphatic rings. The number of nitrogens with zero attached hydrogens (tertiary/aromatic N) is 2. The van der Waals surface area contributed by atoms with E-state index in [-0.39, 0.29) is 24.6 Å². The van der Waals surface area contributed by atoms with Gasteiger partial charge in [0.25, 0.3) is 0 Å². The molecular formula is C28H33N3O5S. The zero-order valence-electron chi connectivity index (χ0n) is 21.5. The summed E-state index contributed by atoms with van der Waals surface area (Å²) in [7, 11) is -0.906. The van der Waals surface area contributed by atoms with Gasteiger partial charge in [-0.3, -0.25) is 13.9 Å². The Kier molecular flexibility index (Phi) is 9.30. The molecule has 9 heteroatoms. The van der Waals surface area contributed by atoms with E-state index in [1.165, 1.54) is 19.1 Å². The Morgan fingerprint density at radius 2 is 1.59 bits per heavy atom. The van der Waals surface area contributed by atoms with E-state index in [4.69, 9.17) is 4.74 Å². The van der Waals surface area contributed by atoms with Gasteiger partial charge in [-0.15, -0.1) is 0 Å². The minimum atomic E-state index is -3.86. The quantitative estimate of drug-likeness (QED) is 0.417. The number of benzene rings is 3. The third-order valence-corrected chi connectivity index (χ3v) is 7.11. The van der Waals surface area contributed by atoms with Crippen molar-refractivity contribution in [1.29, 1.82) is 0 Å². The number of carbonyl (C=O) groups excluding carboxylic acids is 2. The summed E-state index contributed by atoms with van der Waals surface area (Å²) in [5.41, 5.74) is 2.97. The van der Waals surface area contributed by atoms with Gasteiger partial charge in [-0.05, 0) is 30.2 Å². The van der Waals surface area contributed by atoms with Gasteiger partial charge in [-0.2, -0.15) is 0 Å². The fourth-order valence-electron chi connectivity index (χ4n) is 4.16. The number of sulfonamides is 1. The fourth-order valence-corrected chi connectivity index (χ4v) is 5.01. The van der Waals surface area contributed by atoms with Gasteiger partial charge < -0.3 is 15.0 Å².